The molecule has 24 heavy (non-hydrogen) atoms. The van der Waals surface area contributed by atoms with Crippen LogP contribution in [0.5, 0.6) is 0 Å². The highest BCUT2D eigenvalue weighted by atomic mass is 16.3. The third-order valence-electron chi connectivity index (χ3n) is 3.02. The summed E-state index contributed by atoms with van der Waals surface area (Å²) >= 11 is 0. The number of amides is 1. The van der Waals surface area contributed by atoms with Gasteiger partial charge in [-0.15, -0.1) is 0 Å². The molecular weight excluding hydrogens is 298 g/mol. The fourth-order valence-corrected chi connectivity index (χ4v) is 1.67. The molecule has 0 spiro atoms. The Morgan fingerprint density at radius 3 is 2.04 bits per heavy atom. The lowest BCUT2D eigenvalue weighted by Gasteiger charge is -2.16. The smallest absolute Gasteiger partial charge is 0.244 e. The predicted octanol–water partition coefficient (Wildman–Crippen LogP) is 4.62. The Hall–Kier alpha value is -1.87. The Bertz CT molecular complexity index is 463. The number of aliphatic hydroxyl groups is 1. The summed E-state index contributed by atoms with van der Waals surface area (Å²) < 4.78 is 0. The molecule has 0 aliphatic carbocycles. The molecule has 0 bridgehead atoms. The third-order valence-corrected chi connectivity index (χ3v) is 3.02. The van der Waals surface area contributed by atoms with E-state index in [1.165, 1.54) is 18.9 Å². The number of rotatable bonds is 12. The van der Waals surface area contributed by atoms with E-state index >= 15 is 0 Å². The van der Waals surface area contributed by atoms with Crippen molar-refractivity contribution in [3.8, 4) is 0 Å². The van der Waals surface area contributed by atoms with Crippen LogP contribution < -0.4 is 5.32 Å². The van der Waals surface area contributed by atoms with Crippen molar-refractivity contribution in [2.75, 3.05) is 6.54 Å². The van der Waals surface area contributed by atoms with Crippen LogP contribution in [0, 0.1) is 0 Å². The molecule has 0 saturated heterocycles. The molecule has 0 rings (SSSR count). The van der Waals surface area contributed by atoms with E-state index in [-0.39, 0.29) is 12.5 Å². The van der Waals surface area contributed by atoms with E-state index in [1.807, 2.05) is 18.2 Å². The van der Waals surface area contributed by atoms with Gasteiger partial charge >= 0.3 is 0 Å². The number of hydrogen-bond donors (Lipinski definition) is 2. The molecule has 0 atom stereocenters. The Balaban J connectivity index is 3.74. The van der Waals surface area contributed by atoms with Crippen LogP contribution in [-0.4, -0.2) is 23.2 Å². The van der Waals surface area contributed by atoms with E-state index in [0.29, 0.717) is 0 Å². The van der Waals surface area contributed by atoms with Crippen LogP contribution in [0.2, 0.25) is 0 Å². The van der Waals surface area contributed by atoms with Crippen molar-refractivity contribution in [2.24, 2.45) is 0 Å². The highest BCUT2D eigenvalue weighted by Crippen LogP contribution is 1.98. The maximum atomic E-state index is 11.4. The summed E-state index contributed by atoms with van der Waals surface area (Å²) in [5.41, 5.74) is -0.887. The summed E-state index contributed by atoms with van der Waals surface area (Å²) in [6, 6.07) is 0. The van der Waals surface area contributed by atoms with Gasteiger partial charge < -0.3 is 10.4 Å². The molecule has 0 aromatic heterocycles. The molecule has 0 aliphatic heterocycles. The average molecular weight is 332 g/mol. The first kappa shape index (κ1) is 22.1. The van der Waals surface area contributed by atoms with Gasteiger partial charge in [0.05, 0.1) is 5.60 Å². The molecule has 1 amide bonds. The van der Waals surface area contributed by atoms with Crippen molar-refractivity contribution >= 4 is 5.91 Å². The lowest BCUT2D eigenvalue weighted by Crippen LogP contribution is -2.37. The van der Waals surface area contributed by atoms with E-state index in [9.17, 15) is 9.90 Å². The summed E-state index contributed by atoms with van der Waals surface area (Å²) in [5.74, 6) is -0.206. The molecule has 0 radical (unpaired) electrons. The number of nitrogens with one attached hydrogen (secondary N) is 1. The minimum Gasteiger partial charge on any atom is -0.389 e. The molecular formula is C21H33NO2. The minimum absolute atomic E-state index is 0.206. The van der Waals surface area contributed by atoms with E-state index in [4.69, 9.17) is 0 Å². The van der Waals surface area contributed by atoms with Gasteiger partial charge in [-0.05, 0) is 33.1 Å². The van der Waals surface area contributed by atoms with Gasteiger partial charge in [0, 0.05) is 12.6 Å². The first-order valence-electron chi connectivity index (χ1n) is 8.77. The molecule has 134 valence electrons. The van der Waals surface area contributed by atoms with Gasteiger partial charge in [0.25, 0.3) is 0 Å². The monoisotopic (exact) mass is 331 g/mol. The maximum absolute atomic E-state index is 11.4. The van der Waals surface area contributed by atoms with Gasteiger partial charge in [-0.1, -0.05) is 74.4 Å². The molecule has 2 N–H and O–H groups in total. The highest BCUT2D eigenvalue weighted by Gasteiger charge is 2.12. The Morgan fingerprint density at radius 1 is 0.917 bits per heavy atom. The first-order valence-corrected chi connectivity index (χ1v) is 8.77. The quantitative estimate of drug-likeness (QED) is 0.311. The van der Waals surface area contributed by atoms with Crippen LogP contribution in [0.3, 0.4) is 0 Å². The Kier molecular flexibility index (Phi) is 13.6. The van der Waals surface area contributed by atoms with Gasteiger partial charge in [0.15, 0.2) is 0 Å². The third kappa shape index (κ3) is 18.2. The first-order chi connectivity index (χ1) is 11.5. The van der Waals surface area contributed by atoms with Gasteiger partial charge in [-0.25, -0.2) is 0 Å². The zero-order valence-electron chi connectivity index (χ0n) is 15.4. The molecule has 0 saturated carbocycles. The van der Waals surface area contributed by atoms with Crippen LogP contribution in [0.4, 0.5) is 0 Å². The molecule has 0 aromatic carbocycles. The van der Waals surface area contributed by atoms with Gasteiger partial charge in [-0.2, -0.15) is 0 Å². The second-order valence-corrected chi connectivity index (χ2v) is 6.28. The van der Waals surface area contributed by atoms with Crippen LogP contribution in [-0.2, 0) is 4.79 Å². The van der Waals surface area contributed by atoms with Crippen molar-refractivity contribution in [1.29, 1.82) is 0 Å². The second-order valence-electron chi connectivity index (χ2n) is 6.28. The standard InChI is InChI=1S/C21H33NO2/c1-4-5-6-7-8-9-10-11-12-13-14-15-16-17-18-20(23)22-19-21(2,3)24/h7-10,13-18,24H,4-6,11-12,19H2,1-3H3,(H,22,23). The summed E-state index contributed by atoms with van der Waals surface area (Å²) in [6.07, 6.45) is 25.2. The van der Waals surface area contributed by atoms with Gasteiger partial charge in [0.2, 0.25) is 5.91 Å². The second kappa shape index (κ2) is 14.7. The molecule has 0 heterocycles. The van der Waals surface area contributed by atoms with Crippen LogP contribution in [0.1, 0.15) is 52.9 Å². The SMILES string of the molecule is CCCCC=CC=CCCC=CC=CC=CC(=O)NCC(C)(C)O. The zero-order chi connectivity index (χ0) is 18.1. The normalized spacial score (nSPS) is 13.3. The Morgan fingerprint density at radius 2 is 1.46 bits per heavy atom. The summed E-state index contributed by atoms with van der Waals surface area (Å²) in [6.45, 7) is 5.74. The number of allylic oxidation sites excluding steroid dienone is 9. The number of unbranched alkanes of at least 4 members (excludes halogenated alkanes) is 3. The van der Waals surface area contributed by atoms with Crippen molar-refractivity contribution in [3.05, 3.63) is 60.8 Å². The topological polar surface area (TPSA) is 49.3 Å². The molecule has 0 aromatic rings. The fraction of sp³-hybridized carbons (Fsp3) is 0.476. The van der Waals surface area contributed by atoms with Crippen molar-refractivity contribution in [2.45, 2.75) is 58.5 Å². The lowest BCUT2D eigenvalue weighted by atomic mass is 10.1. The molecule has 3 nitrogen and oxygen atoms in total. The van der Waals surface area contributed by atoms with Crippen molar-refractivity contribution in [3.63, 3.8) is 0 Å². The average Bonchev–Trinajstić information content (AvgIpc) is 2.52. The van der Waals surface area contributed by atoms with E-state index in [0.717, 1.165) is 19.3 Å². The largest absolute Gasteiger partial charge is 0.389 e. The van der Waals surface area contributed by atoms with Gasteiger partial charge in [-0.3, -0.25) is 4.79 Å². The van der Waals surface area contributed by atoms with Crippen LogP contribution >= 0.6 is 0 Å². The number of hydrogen-bond acceptors (Lipinski definition) is 2. The fourth-order valence-electron chi connectivity index (χ4n) is 1.67. The summed E-state index contributed by atoms with van der Waals surface area (Å²) in [7, 11) is 0. The summed E-state index contributed by atoms with van der Waals surface area (Å²) in [5, 5.41) is 12.1. The highest BCUT2D eigenvalue weighted by molar-refractivity contribution is 5.87. The van der Waals surface area contributed by atoms with Gasteiger partial charge in [0.1, 0.15) is 0 Å². The molecule has 0 fully saturated rings. The van der Waals surface area contributed by atoms with E-state index < -0.39 is 5.60 Å². The number of carbonyl (C=O) groups excluding carboxylic acids is 1. The minimum atomic E-state index is -0.887. The van der Waals surface area contributed by atoms with Crippen molar-refractivity contribution in [1.82, 2.24) is 5.32 Å². The number of carbonyl (C=O) groups is 1. The van der Waals surface area contributed by atoms with Crippen LogP contribution in [0.15, 0.2) is 60.8 Å². The van der Waals surface area contributed by atoms with Crippen molar-refractivity contribution < 1.29 is 9.90 Å². The van der Waals surface area contributed by atoms with E-state index in [1.54, 1.807) is 19.9 Å². The zero-order valence-corrected chi connectivity index (χ0v) is 15.4. The maximum Gasteiger partial charge on any atom is 0.244 e. The molecule has 0 aliphatic rings. The van der Waals surface area contributed by atoms with Crippen LogP contribution in [0.25, 0.3) is 0 Å². The molecule has 0 unspecified atom stereocenters. The molecule has 3 heteroatoms. The lowest BCUT2D eigenvalue weighted by molar-refractivity contribution is -0.117. The Labute approximate surface area is 147 Å². The summed E-state index contributed by atoms with van der Waals surface area (Å²) in [4.78, 5) is 11.4. The predicted molar refractivity (Wildman–Crippen MR) is 104 cm³/mol. The van der Waals surface area contributed by atoms with E-state index in [2.05, 4.69) is 42.6 Å².